The van der Waals surface area contributed by atoms with Crippen molar-refractivity contribution in [1.29, 1.82) is 0 Å². The molecule has 0 amide bonds. The van der Waals surface area contributed by atoms with Crippen LogP contribution < -0.4 is 5.76 Å². The zero-order valence-electron chi connectivity index (χ0n) is 22.6. The molecule has 4 aromatic carbocycles. The topological polar surface area (TPSA) is 123 Å². The number of hydrogen-bond donors (Lipinski definition) is 0. The van der Waals surface area contributed by atoms with Gasteiger partial charge in [-0.05, 0) is 48.5 Å². The first-order valence-corrected chi connectivity index (χ1v) is 13.5. The van der Waals surface area contributed by atoms with Crippen LogP contribution in [0.15, 0.2) is 124 Å². The summed E-state index contributed by atoms with van der Waals surface area (Å²) in [5.41, 5.74) is 1.33. The first-order valence-electron chi connectivity index (χ1n) is 13.5. The molecule has 2 heterocycles. The van der Waals surface area contributed by atoms with Crippen molar-refractivity contribution < 1.29 is 37.7 Å². The van der Waals surface area contributed by atoms with Gasteiger partial charge in [0, 0.05) is 0 Å². The first kappa shape index (κ1) is 27.7. The zero-order chi connectivity index (χ0) is 29.8. The van der Waals surface area contributed by atoms with Crippen LogP contribution in [0.25, 0.3) is 11.1 Å². The number of benzene rings is 4. The second-order valence-electron chi connectivity index (χ2n) is 9.71. The highest BCUT2D eigenvalue weighted by Crippen LogP contribution is 2.33. The Morgan fingerprint density at radius 2 is 1.07 bits per heavy atom. The number of ether oxygens (including phenoxy) is 4. The van der Waals surface area contributed by atoms with E-state index in [0.717, 1.165) is 0 Å². The highest BCUT2D eigenvalue weighted by molar-refractivity contribution is 5.91. The molecule has 0 N–H and O–H groups in total. The molecule has 0 aliphatic carbocycles. The third-order valence-corrected chi connectivity index (χ3v) is 6.95. The number of fused-ring (bicyclic) bond motifs is 1. The van der Waals surface area contributed by atoms with Gasteiger partial charge in [-0.3, -0.25) is 0 Å². The number of carbonyl (C=O) groups excluding carboxylic acids is 3. The van der Waals surface area contributed by atoms with Crippen LogP contribution in [0.3, 0.4) is 0 Å². The highest BCUT2D eigenvalue weighted by atomic mass is 16.6. The smallest absolute Gasteiger partial charge is 0.422 e. The number of nitrogens with zero attached hydrogens (tertiary/aromatic N) is 1. The molecule has 0 saturated carbocycles. The van der Waals surface area contributed by atoms with Gasteiger partial charge in [-0.15, -0.1) is 0 Å². The average Bonchev–Trinajstić information content (AvgIpc) is 3.39. The van der Waals surface area contributed by atoms with Crippen LogP contribution in [0.1, 0.15) is 37.3 Å². The second-order valence-corrected chi connectivity index (χ2v) is 9.71. The lowest BCUT2D eigenvalue weighted by Gasteiger charge is -2.40. The Labute approximate surface area is 245 Å². The minimum absolute atomic E-state index is 0.210. The molecular formula is C33H25NO9. The Morgan fingerprint density at radius 1 is 0.605 bits per heavy atom. The Hall–Kier alpha value is -5.48. The number of rotatable bonds is 7. The fourth-order valence-corrected chi connectivity index (χ4v) is 4.88. The Morgan fingerprint density at radius 3 is 1.63 bits per heavy atom. The molecule has 0 unspecified atom stereocenters. The van der Waals surface area contributed by atoms with Crippen molar-refractivity contribution in [3.05, 3.63) is 143 Å². The molecule has 10 nitrogen and oxygen atoms in total. The van der Waals surface area contributed by atoms with Crippen LogP contribution in [-0.4, -0.2) is 47.4 Å². The molecule has 5 aromatic rings. The summed E-state index contributed by atoms with van der Waals surface area (Å²) in [6, 6.07) is 31.3. The Balaban J connectivity index is 1.42. The molecule has 1 fully saturated rings. The number of carbonyl (C=O) groups is 3. The summed E-state index contributed by atoms with van der Waals surface area (Å²) in [6.07, 6.45) is -5.34. The van der Waals surface area contributed by atoms with Crippen molar-refractivity contribution >= 4 is 29.0 Å². The summed E-state index contributed by atoms with van der Waals surface area (Å²) in [5, 5.41) is 0. The maximum Gasteiger partial charge on any atom is 0.422 e. The van der Waals surface area contributed by atoms with Crippen molar-refractivity contribution in [2.75, 3.05) is 6.61 Å². The van der Waals surface area contributed by atoms with Gasteiger partial charge in [0.25, 0.3) is 0 Å². The normalized spacial score (nSPS) is 19.8. The van der Waals surface area contributed by atoms with E-state index >= 15 is 0 Å². The van der Waals surface area contributed by atoms with E-state index in [9.17, 15) is 19.2 Å². The zero-order valence-corrected chi connectivity index (χ0v) is 22.6. The minimum atomic E-state index is -1.44. The third-order valence-electron chi connectivity index (χ3n) is 6.95. The fourth-order valence-electron chi connectivity index (χ4n) is 4.88. The standard InChI is InChI=1S/C33H25NO9/c35-30(21-12-4-1-5-13-21)40-26-20-39-29(34-24-18-10-11-19-25(24)41-33(34)38)28(43-32(37)23-16-8-3-9-17-23)27(26)42-31(36)22-14-6-2-7-15-22/h1-19,26-29H,20H2/t26-,27-,28-,29-/m1/s1. The van der Waals surface area contributed by atoms with Crippen molar-refractivity contribution in [3.63, 3.8) is 0 Å². The number of aromatic nitrogens is 1. The molecule has 1 aliphatic heterocycles. The molecule has 1 saturated heterocycles. The molecule has 0 radical (unpaired) electrons. The number of oxazole rings is 1. The molecule has 10 heteroatoms. The van der Waals surface area contributed by atoms with Gasteiger partial charge in [0.2, 0.25) is 0 Å². The number of esters is 3. The predicted octanol–water partition coefficient (Wildman–Crippen LogP) is 4.80. The summed E-state index contributed by atoms with van der Waals surface area (Å²) < 4.78 is 30.4. The summed E-state index contributed by atoms with van der Waals surface area (Å²) in [6.45, 7) is -0.290. The second kappa shape index (κ2) is 12.2. The quantitative estimate of drug-likeness (QED) is 0.198. The van der Waals surface area contributed by atoms with Crippen LogP contribution in [0.5, 0.6) is 0 Å². The van der Waals surface area contributed by atoms with Crippen LogP contribution in [0.2, 0.25) is 0 Å². The van der Waals surface area contributed by atoms with Gasteiger partial charge >= 0.3 is 23.7 Å². The lowest BCUT2D eigenvalue weighted by atomic mass is 10.0. The molecular weight excluding hydrogens is 554 g/mol. The lowest BCUT2D eigenvalue weighted by Crippen LogP contribution is -2.56. The molecule has 216 valence electrons. The monoisotopic (exact) mass is 579 g/mol. The molecule has 1 aliphatic rings. The Bertz CT molecular complexity index is 1800. The summed E-state index contributed by atoms with van der Waals surface area (Å²) in [5.74, 6) is -3.00. The van der Waals surface area contributed by atoms with E-state index in [1.165, 1.54) is 4.57 Å². The van der Waals surface area contributed by atoms with Crippen molar-refractivity contribution in [3.8, 4) is 0 Å². The van der Waals surface area contributed by atoms with Crippen molar-refractivity contribution in [2.45, 2.75) is 24.5 Å². The van der Waals surface area contributed by atoms with Crippen molar-refractivity contribution in [2.24, 2.45) is 0 Å². The first-order chi connectivity index (χ1) is 21.0. The lowest BCUT2D eigenvalue weighted by molar-refractivity contribution is -0.212. The fraction of sp³-hybridized carbons (Fsp3) is 0.152. The summed E-state index contributed by atoms with van der Waals surface area (Å²) >= 11 is 0. The predicted molar refractivity (Wildman–Crippen MR) is 152 cm³/mol. The van der Waals surface area contributed by atoms with Crippen LogP contribution in [0, 0.1) is 0 Å². The molecule has 6 rings (SSSR count). The van der Waals surface area contributed by atoms with Gasteiger partial charge in [-0.1, -0.05) is 66.7 Å². The van der Waals surface area contributed by atoms with E-state index in [1.54, 1.807) is 115 Å². The SMILES string of the molecule is O=C(O[C@@H]1[C@H](OC(=O)c2ccccc2)[C@H](OC(=O)c2ccccc2)CO[C@H]1n1c(=O)oc2ccccc21)c1ccccc1. The van der Waals surface area contributed by atoms with Gasteiger partial charge in [0.1, 0.15) is 0 Å². The van der Waals surface area contributed by atoms with Crippen LogP contribution in [0.4, 0.5) is 0 Å². The van der Waals surface area contributed by atoms with Gasteiger partial charge in [-0.2, -0.15) is 0 Å². The summed E-state index contributed by atoms with van der Waals surface area (Å²) in [7, 11) is 0. The van der Waals surface area contributed by atoms with Gasteiger partial charge in [0.15, 0.2) is 30.1 Å². The van der Waals surface area contributed by atoms with Gasteiger partial charge < -0.3 is 23.4 Å². The maximum absolute atomic E-state index is 13.4. The molecule has 0 spiro atoms. The van der Waals surface area contributed by atoms with Crippen molar-refractivity contribution in [1.82, 2.24) is 4.57 Å². The summed E-state index contributed by atoms with van der Waals surface area (Å²) in [4.78, 5) is 53.0. The van der Waals surface area contributed by atoms with E-state index < -0.39 is 48.2 Å². The highest BCUT2D eigenvalue weighted by Gasteiger charge is 2.49. The van der Waals surface area contributed by atoms with E-state index in [-0.39, 0.29) is 28.9 Å². The maximum atomic E-state index is 13.4. The van der Waals surface area contributed by atoms with E-state index in [1.807, 2.05) is 0 Å². The van der Waals surface area contributed by atoms with E-state index in [4.69, 9.17) is 23.4 Å². The van der Waals surface area contributed by atoms with Crippen LogP contribution >= 0.6 is 0 Å². The largest absolute Gasteiger partial charge is 0.452 e. The number of hydrogen-bond acceptors (Lipinski definition) is 9. The van der Waals surface area contributed by atoms with Gasteiger partial charge in [0.05, 0.1) is 28.8 Å². The van der Waals surface area contributed by atoms with E-state index in [0.29, 0.717) is 5.52 Å². The van der Waals surface area contributed by atoms with Crippen LogP contribution in [-0.2, 0) is 18.9 Å². The molecule has 43 heavy (non-hydrogen) atoms. The van der Waals surface area contributed by atoms with Gasteiger partial charge in [-0.25, -0.2) is 23.7 Å². The molecule has 4 atom stereocenters. The minimum Gasteiger partial charge on any atom is -0.452 e. The molecule has 1 aromatic heterocycles. The Kier molecular flexibility index (Phi) is 7.84. The third kappa shape index (κ3) is 5.81. The number of para-hydroxylation sites is 2. The average molecular weight is 580 g/mol. The van der Waals surface area contributed by atoms with E-state index in [2.05, 4.69) is 0 Å². The molecule has 0 bridgehead atoms.